The van der Waals surface area contributed by atoms with Gasteiger partial charge in [-0.1, -0.05) is 6.07 Å². The highest BCUT2D eigenvalue weighted by Gasteiger charge is 2.16. The summed E-state index contributed by atoms with van der Waals surface area (Å²) in [6.07, 6.45) is 0. The summed E-state index contributed by atoms with van der Waals surface area (Å²) in [4.78, 5) is 7.91. The molecule has 0 spiro atoms. The van der Waals surface area contributed by atoms with E-state index in [4.69, 9.17) is 0 Å². The van der Waals surface area contributed by atoms with E-state index >= 15 is 0 Å². The van der Waals surface area contributed by atoms with Gasteiger partial charge in [-0.2, -0.15) is 5.10 Å². The first-order valence-electron chi connectivity index (χ1n) is 8.07. The maximum atomic E-state index is 4.46. The number of rotatable bonds is 6. The molecule has 0 aliphatic carbocycles. The Morgan fingerprint density at radius 2 is 2.08 bits per heavy atom. The number of nitrogens with one attached hydrogen (secondary N) is 2. The first kappa shape index (κ1) is 21.9. The van der Waals surface area contributed by atoms with E-state index in [0.29, 0.717) is 6.04 Å². The number of thiophene rings is 1. The molecule has 2 heterocycles. The highest BCUT2D eigenvalue weighted by molar-refractivity contribution is 14.0. The van der Waals surface area contributed by atoms with Crippen LogP contribution >= 0.6 is 35.3 Å². The van der Waals surface area contributed by atoms with Crippen LogP contribution in [0.25, 0.3) is 0 Å². The monoisotopic (exact) mass is 476 g/mol. The molecule has 0 aliphatic rings. The van der Waals surface area contributed by atoms with Gasteiger partial charge in [0, 0.05) is 43.3 Å². The molecule has 0 bridgehead atoms. The van der Waals surface area contributed by atoms with Crippen LogP contribution in [-0.2, 0) is 13.6 Å². The van der Waals surface area contributed by atoms with Gasteiger partial charge in [-0.15, -0.1) is 35.3 Å². The lowest BCUT2D eigenvalue weighted by atomic mass is 10.2. The van der Waals surface area contributed by atoms with Crippen molar-refractivity contribution >= 4 is 41.3 Å². The van der Waals surface area contributed by atoms with Gasteiger partial charge in [-0.05, 0) is 39.4 Å². The number of halogens is 1. The van der Waals surface area contributed by atoms with Gasteiger partial charge in [-0.3, -0.25) is 9.67 Å². The zero-order valence-electron chi connectivity index (χ0n) is 15.8. The van der Waals surface area contributed by atoms with Crippen LogP contribution in [0, 0.1) is 13.8 Å². The van der Waals surface area contributed by atoms with Gasteiger partial charge in [0.15, 0.2) is 5.96 Å². The van der Waals surface area contributed by atoms with Gasteiger partial charge < -0.3 is 15.5 Å². The lowest BCUT2D eigenvalue weighted by molar-refractivity contribution is 0.302. The number of hydrogen-bond acceptors (Lipinski definition) is 4. The third-order valence-electron chi connectivity index (χ3n) is 4.27. The second-order valence-corrected chi connectivity index (χ2v) is 7.05. The minimum absolute atomic E-state index is 0. The number of likely N-dealkylation sites (N-methyl/N-ethyl adjacent to an activating group) is 1. The van der Waals surface area contributed by atoms with E-state index in [1.807, 2.05) is 18.7 Å². The van der Waals surface area contributed by atoms with Crippen molar-refractivity contribution in [1.82, 2.24) is 25.3 Å². The Morgan fingerprint density at radius 1 is 1.36 bits per heavy atom. The Hall–Kier alpha value is -1.13. The second-order valence-electron chi connectivity index (χ2n) is 6.07. The van der Waals surface area contributed by atoms with Crippen LogP contribution < -0.4 is 10.6 Å². The molecule has 140 valence electrons. The van der Waals surface area contributed by atoms with Crippen molar-refractivity contribution in [2.45, 2.75) is 26.4 Å². The molecule has 25 heavy (non-hydrogen) atoms. The largest absolute Gasteiger partial charge is 0.354 e. The summed E-state index contributed by atoms with van der Waals surface area (Å²) in [5.74, 6) is 0.807. The van der Waals surface area contributed by atoms with E-state index in [1.54, 1.807) is 18.4 Å². The maximum absolute atomic E-state index is 4.46. The lowest BCUT2D eigenvalue weighted by Gasteiger charge is -2.24. The summed E-state index contributed by atoms with van der Waals surface area (Å²) in [6.45, 7) is 5.65. The third-order valence-corrected chi connectivity index (χ3v) is 5.25. The van der Waals surface area contributed by atoms with Crippen LogP contribution in [0.3, 0.4) is 0 Å². The third kappa shape index (κ3) is 5.68. The molecule has 0 radical (unpaired) electrons. The van der Waals surface area contributed by atoms with Crippen LogP contribution in [0.4, 0.5) is 0 Å². The molecule has 2 aromatic rings. The summed E-state index contributed by atoms with van der Waals surface area (Å²) in [7, 11) is 7.98. The molecule has 2 rings (SSSR count). The molecule has 0 saturated heterocycles. The first-order valence-corrected chi connectivity index (χ1v) is 8.95. The van der Waals surface area contributed by atoms with Gasteiger partial charge in [0.2, 0.25) is 0 Å². The van der Waals surface area contributed by atoms with Crippen molar-refractivity contribution in [3.8, 4) is 0 Å². The number of aliphatic imine (C=N–C) groups is 1. The van der Waals surface area contributed by atoms with Gasteiger partial charge in [0.05, 0.1) is 11.7 Å². The standard InChI is InChI=1S/C17H28N6S.HI/c1-12-14(13(2)23(6)21-12)10-19-17(18-3)20-11-15(22(4)5)16-8-7-9-24-16;/h7-9,15H,10-11H2,1-6H3,(H2,18,19,20);1H. The van der Waals surface area contributed by atoms with Crippen LogP contribution in [0.15, 0.2) is 22.5 Å². The highest BCUT2D eigenvalue weighted by atomic mass is 127. The first-order chi connectivity index (χ1) is 11.4. The van der Waals surface area contributed by atoms with Gasteiger partial charge in [-0.25, -0.2) is 0 Å². The number of nitrogens with zero attached hydrogens (tertiary/aromatic N) is 4. The van der Waals surface area contributed by atoms with Crippen molar-refractivity contribution in [3.63, 3.8) is 0 Å². The fourth-order valence-electron chi connectivity index (χ4n) is 2.68. The number of guanidine groups is 1. The normalized spacial score (nSPS) is 12.8. The minimum atomic E-state index is 0. The summed E-state index contributed by atoms with van der Waals surface area (Å²) < 4.78 is 1.92. The number of aromatic nitrogens is 2. The van der Waals surface area contributed by atoms with E-state index in [2.05, 4.69) is 64.2 Å². The van der Waals surface area contributed by atoms with E-state index < -0.39 is 0 Å². The van der Waals surface area contributed by atoms with Gasteiger partial charge in [0.1, 0.15) is 0 Å². The molecule has 0 aromatic carbocycles. The minimum Gasteiger partial charge on any atom is -0.354 e. The summed E-state index contributed by atoms with van der Waals surface area (Å²) in [5, 5.41) is 13.4. The smallest absolute Gasteiger partial charge is 0.191 e. The average molecular weight is 476 g/mol. The fourth-order valence-corrected chi connectivity index (χ4v) is 3.60. The second kappa shape index (κ2) is 10.1. The highest BCUT2D eigenvalue weighted by Crippen LogP contribution is 2.22. The van der Waals surface area contributed by atoms with Crippen molar-refractivity contribution in [3.05, 3.63) is 39.3 Å². The molecular weight excluding hydrogens is 447 g/mol. The van der Waals surface area contributed by atoms with E-state index in [9.17, 15) is 0 Å². The maximum Gasteiger partial charge on any atom is 0.191 e. The molecule has 0 amide bonds. The SMILES string of the molecule is CN=C(NCc1c(C)nn(C)c1C)NCC(c1cccs1)N(C)C.I. The van der Waals surface area contributed by atoms with Crippen LogP contribution in [0.5, 0.6) is 0 Å². The zero-order chi connectivity index (χ0) is 17.7. The molecule has 0 fully saturated rings. The van der Waals surface area contributed by atoms with Crippen molar-refractivity contribution < 1.29 is 0 Å². The van der Waals surface area contributed by atoms with Gasteiger partial charge >= 0.3 is 0 Å². The number of aryl methyl sites for hydroxylation is 2. The Morgan fingerprint density at radius 3 is 2.56 bits per heavy atom. The Labute approximate surface area is 171 Å². The van der Waals surface area contributed by atoms with Crippen LogP contribution in [0.1, 0.15) is 27.9 Å². The van der Waals surface area contributed by atoms with Crippen LogP contribution in [-0.4, -0.2) is 48.3 Å². The summed E-state index contributed by atoms with van der Waals surface area (Å²) in [5.41, 5.74) is 3.46. The Bertz CT molecular complexity index is 678. The van der Waals surface area contributed by atoms with Crippen molar-refractivity contribution in [1.29, 1.82) is 0 Å². The van der Waals surface area contributed by atoms with Crippen molar-refractivity contribution in [2.24, 2.45) is 12.0 Å². The fraction of sp³-hybridized carbons (Fsp3) is 0.529. The molecule has 1 atom stereocenters. The van der Waals surface area contributed by atoms with E-state index in [1.165, 1.54) is 16.1 Å². The molecule has 1 unspecified atom stereocenters. The summed E-state index contributed by atoms with van der Waals surface area (Å²) in [6, 6.07) is 4.60. The van der Waals surface area contributed by atoms with Crippen LogP contribution in [0.2, 0.25) is 0 Å². The average Bonchev–Trinajstić information content (AvgIpc) is 3.13. The van der Waals surface area contributed by atoms with Crippen molar-refractivity contribution in [2.75, 3.05) is 27.7 Å². The Kier molecular flexibility index (Phi) is 8.87. The summed E-state index contributed by atoms with van der Waals surface area (Å²) >= 11 is 1.78. The predicted octanol–water partition coefficient (Wildman–Crippen LogP) is 2.68. The number of hydrogen-bond donors (Lipinski definition) is 2. The van der Waals surface area contributed by atoms with E-state index in [-0.39, 0.29) is 24.0 Å². The molecule has 0 saturated carbocycles. The van der Waals surface area contributed by atoms with E-state index in [0.717, 1.165) is 24.7 Å². The molecule has 2 aromatic heterocycles. The molecule has 6 nitrogen and oxygen atoms in total. The zero-order valence-corrected chi connectivity index (χ0v) is 19.0. The molecule has 0 aliphatic heterocycles. The van der Waals surface area contributed by atoms with Gasteiger partial charge in [0.25, 0.3) is 0 Å². The topological polar surface area (TPSA) is 57.5 Å². The molecule has 8 heteroatoms. The molecular formula is C17H29IN6S. The quantitative estimate of drug-likeness (QED) is 0.383. The Balaban J connectivity index is 0.00000312. The lowest BCUT2D eigenvalue weighted by Crippen LogP contribution is -2.41. The molecule has 2 N–H and O–H groups in total. The predicted molar refractivity (Wildman–Crippen MR) is 117 cm³/mol.